The Balaban J connectivity index is 2.45. The smallest absolute Gasteiger partial charge is 0.00959 e. The van der Waals surface area contributed by atoms with E-state index in [9.17, 15) is 0 Å². The fraction of sp³-hybridized carbons (Fsp3) is 1.00. The second kappa shape index (κ2) is 3.38. The van der Waals surface area contributed by atoms with Crippen molar-refractivity contribution in [2.45, 2.75) is 52.1 Å². The van der Waals surface area contributed by atoms with Crippen LogP contribution in [0, 0.1) is 0 Å². The molecular weight excluding hydrogens is 122 g/mol. The van der Waals surface area contributed by atoms with Gasteiger partial charge in [-0.1, -0.05) is 13.8 Å². The molecule has 0 radical (unpaired) electrons. The van der Waals surface area contributed by atoms with E-state index in [0.717, 1.165) is 12.1 Å². The SMILES string of the molecule is CCC1CCC(C)N1CC. The Morgan fingerprint density at radius 3 is 2.40 bits per heavy atom. The molecule has 0 aromatic rings. The zero-order valence-electron chi connectivity index (χ0n) is 7.43. The number of hydrogen-bond donors (Lipinski definition) is 0. The van der Waals surface area contributed by atoms with Crippen molar-refractivity contribution in [3.05, 3.63) is 0 Å². The Labute approximate surface area is 64.4 Å². The molecule has 1 heteroatoms. The lowest BCUT2D eigenvalue weighted by Crippen LogP contribution is -2.33. The molecule has 0 spiro atoms. The summed E-state index contributed by atoms with van der Waals surface area (Å²) in [6, 6.07) is 1.73. The molecule has 10 heavy (non-hydrogen) atoms. The lowest BCUT2D eigenvalue weighted by Gasteiger charge is -2.25. The van der Waals surface area contributed by atoms with Crippen LogP contribution in [0.5, 0.6) is 0 Å². The van der Waals surface area contributed by atoms with Crippen molar-refractivity contribution < 1.29 is 0 Å². The second-order valence-electron chi connectivity index (χ2n) is 3.32. The maximum absolute atomic E-state index is 2.62. The van der Waals surface area contributed by atoms with Crippen LogP contribution in [-0.2, 0) is 0 Å². The average molecular weight is 141 g/mol. The molecule has 2 atom stereocenters. The van der Waals surface area contributed by atoms with Crippen LogP contribution >= 0.6 is 0 Å². The van der Waals surface area contributed by atoms with Gasteiger partial charge in [-0.25, -0.2) is 0 Å². The van der Waals surface area contributed by atoms with Crippen LogP contribution in [0.25, 0.3) is 0 Å². The Kier molecular flexibility index (Phi) is 2.72. The van der Waals surface area contributed by atoms with E-state index < -0.39 is 0 Å². The molecule has 1 heterocycles. The number of hydrogen-bond acceptors (Lipinski definition) is 1. The van der Waals surface area contributed by atoms with Gasteiger partial charge in [-0.2, -0.15) is 0 Å². The zero-order valence-corrected chi connectivity index (χ0v) is 7.43. The first-order chi connectivity index (χ1) is 4.79. The van der Waals surface area contributed by atoms with Crippen LogP contribution < -0.4 is 0 Å². The van der Waals surface area contributed by atoms with Gasteiger partial charge in [0, 0.05) is 12.1 Å². The van der Waals surface area contributed by atoms with Gasteiger partial charge in [0.1, 0.15) is 0 Å². The fourth-order valence-electron chi connectivity index (χ4n) is 2.13. The van der Waals surface area contributed by atoms with Gasteiger partial charge >= 0.3 is 0 Å². The highest BCUT2D eigenvalue weighted by atomic mass is 15.2. The van der Waals surface area contributed by atoms with Gasteiger partial charge in [-0.05, 0) is 32.7 Å². The summed E-state index contributed by atoms with van der Waals surface area (Å²) < 4.78 is 0. The monoisotopic (exact) mass is 141 g/mol. The predicted octanol–water partition coefficient (Wildman–Crippen LogP) is 2.27. The third-order valence-electron chi connectivity index (χ3n) is 2.79. The van der Waals surface area contributed by atoms with E-state index in [1.165, 1.54) is 25.8 Å². The van der Waals surface area contributed by atoms with Crippen molar-refractivity contribution in [2.75, 3.05) is 6.54 Å². The minimum atomic E-state index is 0.843. The van der Waals surface area contributed by atoms with E-state index in [1.807, 2.05) is 0 Å². The summed E-state index contributed by atoms with van der Waals surface area (Å²) >= 11 is 0. The van der Waals surface area contributed by atoms with Gasteiger partial charge in [0.15, 0.2) is 0 Å². The number of nitrogens with zero attached hydrogens (tertiary/aromatic N) is 1. The van der Waals surface area contributed by atoms with Crippen LogP contribution in [0.1, 0.15) is 40.0 Å². The molecule has 0 saturated carbocycles. The molecule has 2 unspecified atom stereocenters. The summed E-state index contributed by atoms with van der Waals surface area (Å²) in [6.45, 7) is 8.15. The van der Waals surface area contributed by atoms with Crippen LogP contribution in [0.4, 0.5) is 0 Å². The second-order valence-corrected chi connectivity index (χ2v) is 3.32. The lowest BCUT2D eigenvalue weighted by atomic mass is 10.2. The van der Waals surface area contributed by atoms with E-state index in [4.69, 9.17) is 0 Å². The maximum atomic E-state index is 2.62. The van der Waals surface area contributed by atoms with Crippen LogP contribution in [0.3, 0.4) is 0 Å². The molecule has 1 rings (SSSR count). The molecule has 0 bridgehead atoms. The molecule has 0 amide bonds. The first-order valence-electron chi connectivity index (χ1n) is 4.55. The minimum absolute atomic E-state index is 0.843. The van der Waals surface area contributed by atoms with Gasteiger partial charge in [-0.15, -0.1) is 0 Å². The standard InChI is InChI=1S/C9H19N/c1-4-9-7-6-8(3)10(9)5-2/h8-9H,4-7H2,1-3H3. The normalized spacial score (nSPS) is 35.1. The van der Waals surface area contributed by atoms with Crippen molar-refractivity contribution in [3.8, 4) is 0 Å². The van der Waals surface area contributed by atoms with Crippen molar-refractivity contribution in [2.24, 2.45) is 0 Å². The average Bonchev–Trinajstić information content (AvgIpc) is 2.30. The predicted molar refractivity (Wildman–Crippen MR) is 45.2 cm³/mol. The summed E-state index contributed by atoms with van der Waals surface area (Å²) in [6.07, 6.45) is 4.16. The molecule has 0 N–H and O–H groups in total. The molecule has 0 aliphatic carbocycles. The van der Waals surface area contributed by atoms with Gasteiger partial charge < -0.3 is 0 Å². The van der Waals surface area contributed by atoms with Crippen molar-refractivity contribution in [3.63, 3.8) is 0 Å². The fourth-order valence-corrected chi connectivity index (χ4v) is 2.13. The van der Waals surface area contributed by atoms with Gasteiger partial charge in [0.25, 0.3) is 0 Å². The summed E-state index contributed by atoms with van der Waals surface area (Å²) in [5.41, 5.74) is 0. The maximum Gasteiger partial charge on any atom is 0.00959 e. The summed E-state index contributed by atoms with van der Waals surface area (Å²) in [5, 5.41) is 0. The number of likely N-dealkylation sites (tertiary alicyclic amines) is 1. The summed E-state index contributed by atoms with van der Waals surface area (Å²) in [7, 11) is 0. The molecule has 1 fully saturated rings. The molecule has 0 aromatic heterocycles. The summed E-state index contributed by atoms with van der Waals surface area (Å²) in [4.78, 5) is 2.62. The third-order valence-corrected chi connectivity index (χ3v) is 2.79. The van der Waals surface area contributed by atoms with Crippen LogP contribution in [0.2, 0.25) is 0 Å². The van der Waals surface area contributed by atoms with Gasteiger partial charge in [0.2, 0.25) is 0 Å². The first-order valence-corrected chi connectivity index (χ1v) is 4.55. The molecule has 1 saturated heterocycles. The quantitative estimate of drug-likeness (QED) is 0.570. The Bertz CT molecular complexity index is 101. The van der Waals surface area contributed by atoms with E-state index >= 15 is 0 Å². The lowest BCUT2D eigenvalue weighted by molar-refractivity contribution is 0.210. The molecule has 1 aliphatic heterocycles. The van der Waals surface area contributed by atoms with Crippen LogP contribution in [0.15, 0.2) is 0 Å². The Morgan fingerprint density at radius 2 is 2.00 bits per heavy atom. The molecule has 60 valence electrons. The Morgan fingerprint density at radius 1 is 1.30 bits per heavy atom. The number of rotatable bonds is 2. The van der Waals surface area contributed by atoms with Gasteiger partial charge in [-0.3, -0.25) is 4.90 Å². The van der Waals surface area contributed by atoms with E-state index in [1.54, 1.807) is 0 Å². The molecular formula is C9H19N. The van der Waals surface area contributed by atoms with Crippen molar-refractivity contribution in [1.82, 2.24) is 4.90 Å². The van der Waals surface area contributed by atoms with E-state index in [2.05, 4.69) is 25.7 Å². The molecule has 1 aliphatic rings. The van der Waals surface area contributed by atoms with Crippen LogP contribution in [-0.4, -0.2) is 23.5 Å². The third kappa shape index (κ3) is 1.34. The van der Waals surface area contributed by atoms with Gasteiger partial charge in [0.05, 0.1) is 0 Å². The van der Waals surface area contributed by atoms with E-state index in [0.29, 0.717) is 0 Å². The molecule has 0 aromatic carbocycles. The minimum Gasteiger partial charge on any atom is -0.298 e. The zero-order chi connectivity index (χ0) is 7.56. The van der Waals surface area contributed by atoms with Crippen molar-refractivity contribution in [1.29, 1.82) is 0 Å². The largest absolute Gasteiger partial charge is 0.298 e. The Hall–Kier alpha value is -0.0400. The highest BCUT2D eigenvalue weighted by Gasteiger charge is 2.26. The van der Waals surface area contributed by atoms with Crippen molar-refractivity contribution >= 4 is 0 Å². The highest BCUT2D eigenvalue weighted by Crippen LogP contribution is 2.24. The molecule has 1 nitrogen and oxygen atoms in total. The highest BCUT2D eigenvalue weighted by molar-refractivity contribution is 4.82. The van der Waals surface area contributed by atoms with E-state index in [-0.39, 0.29) is 0 Å². The first kappa shape index (κ1) is 8.06. The topological polar surface area (TPSA) is 3.24 Å². The summed E-state index contributed by atoms with van der Waals surface area (Å²) in [5.74, 6) is 0.